The first-order valence-electron chi connectivity index (χ1n) is 5.76. The molecular weight excluding hydrogens is 272 g/mol. The predicted molar refractivity (Wildman–Crippen MR) is 80.6 cm³/mol. The Morgan fingerprint density at radius 3 is 2.37 bits per heavy atom. The van der Waals surface area contributed by atoms with E-state index in [0.29, 0.717) is 9.93 Å². The summed E-state index contributed by atoms with van der Waals surface area (Å²) >= 11 is 6.85. The lowest BCUT2D eigenvalue weighted by atomic mass is 10.2. The highest BCUT2D eigenvalue weighted by atomic mass is 32.2. The monoisotopic (exact) mass is 284 g/mol. The summed E-state index contributed by atoms with van der Waals surface area (Å²) in [4.78, 5) is 0. The molecule has 0 atom stereocenters. The molecule has 19 heavy (non-hydrogen) atoms. The fourth-order valence-electron chi connectivity index (χ4n) is 1.55. The third-order valence-corrected chi connectivity index (χ3v) is 3.97. The molecule has 2 rings (SSSR count). The van der Waals surface area contributed by atoms with Gasteiger partial charge in [0.25, 0.3) is 5.70 Å². The normalized spacial score (nSPS) is 11.5. The molecule has 0 bridgehead atoms. The van der Waals surface area contributed by atoms with Crippen LogP contribution in [0.1, 0.15) is 5.56 Å². The van der Waals surface area contributed by atoms with E-state index in [1.807, 2.05) is 48.8 Å². The predicted octanol–water partition coefficient (Wildman–Crippen LogP) is 3.10. The summed E-state index contributed by atoms with van der Waals surface area (Å²) in [5, 5.41) is 9.24. The maximum absolute atomic E-state index is 9.24. The second kappa shape index (κ2) is 6.93. The minimum Gasteiger partial charge on any atom is -0.766 e. The molecule has 0 saturated carbocycles. The molecular formula is C15H12N2S2. The third kappa shape index (κ3) is 3.82. The topological polar surface area (TPSA) is 27.7 Å². The SMILES string of the molecule is N#CC(=C([S-])SCc1ccccc1)[n+]1ccccc1. The van der Waals surface area contributed by atoms with Gasteiger partial charge in [0.15, 0.2) is 18.5 Å². The van der Waals surface area contributed by atoms with Crippen molar-refractivity contribution in [1.82, 2.24) is 0 Å². The van der Waals surface area contributed by atoms with Gasteiger partial charge >= 0.3 is 0 Å². The van der Waals surface area contributed by atoms with Crippen molar-refractivity contribution in [3.05, 3.63) is 70.7 Å². The number of allylic oxidation sites excluding steroid dienone is 1. The van der Waals surface area contributed by atoms with E-state index >= 15 is 0 Å². The molecule has 0 fully saturated rings. The summed E-state index contributed by atoms with van der Waals surface area (Å²) in [6.07, 6.45) is 3.65. The van der Waals surface area contributed by atoms with E-state index in [1.165, 1.54) is 17.3 Å². The van der Waals surface area contributed by atoms with E-state index in [4.69, 9.17) is 12.6 Å². The highest BCUT2D eigenvalue weighted by Crippen LogP contribution is 2.22. The summed E-state index contributed by atoms with van der Waals surface area (Å²) in [7, 11) is 0. The van der Waals surface area contributed by atoms with Gasteiger partial charge in [0.05, 0.1) is 0 Å². The summed E-state index contributed by atoms with van der Waals surface area (Å²) < 4.78 is 2.36. The molecule has 1 heterocycles. The van der Waals surface area contributed by atoms with E-state index in [-0.39, 0.29) is 0 Å². The fourth-order valence-corrected chi connectivity index (χ4v) is 2.65. The van der Waals surface area contributed by atoms with Crippen LogP contribution < -0.4 is 4.57 Å². The lowest BCUT2D eigenvalue weighted by Gasteiger charge is -2.10. The van der Waals surface area contributed by atoms with Gasteiger partial charge in [0.1, 0.15) is 0 Å². The third-order valence-electron chi connectivity index (χ3n) is 2.49. The Kier molecular flexibility index (Phi) is 4.96. The lowest BCUT2D eigenvalue weighted by molar-refractivity contribution is -0.577. The zero-order chi connectivity index (χ0) is 13.5. The molecule has 0 aliphatic heterocycles. The fraction of sp³-hybridized carbons (Fsp3) is 0.0667. The summed E-state index contributed by atoms with van der Waals surface area (Å²) in [6, 6.07) is 17.9. The van der Waals surface area contributed by atoms with Crippen molar-refractivity contribution in [3.63, 3.8) is 0 Å². The number of nitriles is 1. The van der Waals surface area contributed by atoms with Crippen molar-refractivity contribution in [2.75, 3.05) is 0 Å². The van der Waals surface area contributed by atoms with Gasteiger partial charge in [-0.25, -0.2) is 0 Å². The Morgan fingerprint density at radius 1 is 1.11 bits per heavy atom. The van der Waals surface area contributed by atoms with Crippen LogP contribution in [0.2, 0.25) is 0 Å². The molecule has 0 amide bonds. The summed E-state index contributed by atoms with van der Waals surface area (Å²) in [6.45, 7) is 0. The Balaban J connectivity index is 2.14. The largest absolute Gasteiger partial charge is 0.766 e. The van der Waals surface area contributed by atoms with E-state index < -0.39 is 0 Å². The van der Waals surface area contributed by atoms with Crippen LogP contribution in [0.5, 0.6) is 0 Å². The van der Waals surface area contributed by atoms with Crippen molar-refractivity contribution >= 4 is 30.1 Å². The standard InChI is InChI=1S/C15H12N2S2/c16-11-14(17-9-5-2-6-10-17)15(18)19-12-13-7-3-1-4-8-13/h1-10H,12H2. The first-order valence-corrected chi connectivity index (χ1v) is 7.15. The minimum atomic E-state index is 0.497. The average molecular weight is 284 g/mol. The van der Waals surface area contributed by atoms with Crippen LogP contribution in [0.4, 0.5) is 0 Å². The van der Waals surface area contributed by atoms with Crippen molar-refractivity contribution in [2.24, 2.45) is 0 Å². The number of nitrogens with zero attached hydrogens (tertiary/aromatic N) is 2. The van der Waals surface area contributed by atoms with Crippen LogP contribution in [0.15, 0.2) is 65.2 Å². The zero-order valence-corrected chi connectivity index (χ0v) is 11.8. The quantitative estimate of drug-likeness (QED) is 0.490. The van der Waals surface area contributed by atoms with Crippen LogP contribution in [0.3, 0.4) is 0 Å². The van der Waals surface area contributed by atoms with Gasteiger partial charge in [0, 0.05) is 17.9 Å². The number of hydrogen-bond acceptors (Lipinski definition) is 3. The molecule has 0 spiro atoms. The second-order valence-electron chi connectivity index (χ2n) is 3.80. The van der Waals surface area contributed by atoms with E-state index in [2.05, 4.69) is 18.2 Å². The highest BCUT2D eigenvalue weighted by molar-refractivity contribution is 8.10. The van der Waals surface area contributed by atoms with Gasteiger partial charge in [-0.05, 0) is 5.56 Å². The number of pyridine rings is 1. The van der Waals surface area contributed by atoms with Crippen molar-refractivity contribution in [2.45, 2.75) is 5.75 Å². The second-order valence-corrected chi connectivity index (χ2v) is 5.46. The van der Waals surface area contributed by atoms with E-state index in [9.17, 15) is 5.26 Å². The first kappa shape index (κ1) is 13.6. The van der Waals surface area contributed by atoms with Gasteiger partial charge in [-0.3, -0.25) is 0 Å². The molecule has 0 aliphatic carbocycles. The molecule has 0 N–H and O–H groups in total. The highest BCUT2D eigenvalue weighted by Gasteiger charge is 2.08. The van der Waals surface area contributed by atoms with Gasteiger partial charge < -0.3 is 12.6 Å². The molecule has 4 heteroatoms. The Hall–Kier alpha value is -1.83. The number of rotatable bonds is 4. The smallest absolute Gasteiger partial charge is 0.275 e. The number of benzene rings is 1. The van der Waals surface area contributed by atoms with Gasteiger partial charge in [-0.2, -0.15) is 9.83 Å². The van der Waals surface area contributed by atoms with Crippen LogP contribution in [0.25, 0.3) is 5.70 Å². The molecule has 0 saturated heterocycles. The molecule has 1 aromatic heterocycles. The van der Waals surface area contributed by atoms with Crippen LogP contribution in [0, 0.1) is 11.3 Å². The maximum Gasteiger partial charge on any atom is 0.275 e. The van der Waals surface area contributed by atoms with Crippen molar-refractivity contribution in [1.29, 1.82) is 5.26 Å². The number of hydrogen-bond donors (Lipinski definition) is 0. The van der Waals surface area contributed by atoms with E-state index in [0.717, 1.165) is 5.75 Å². The maximum atomic E-state index is 9.24. The van der Waals surface area contributed by atoms with Gasteiger partial charge in [-0.1, -0.05) is 40.6 Å². The lowest BCUT2D eigenvalue weighted by Crippen LogP contribution is -2.30. The minimum absolute atomic E-state index is 0.497. The Labute approximate surface area is 122 Å². The Morgan fingerprint density at radius 2 is 1.74 bits per heavy atom. The van der Waals surface area contributed by atoms with Crippen molar-refractivity contribution < 1.29 is 4.57 Å². The number of thioether (sulfide) groups is 1. The van der Waals surface area contributed by atoms with Crippen LogP contribution in [-0.4, -0.2) is 0 Å². The van der Waals surface area contributed by atoms with E-state index in [1.54, 1.807) is 4.57 Å². The molecule has 0 aliphatic rings. The Bertz CT molecular complexity index is 601. The molecule has 2 aromatic rings. The number of aromatic nitrogens is 1. The van der Waals surface area contributed by atoms with Crippen LogP contribution >= 0.6 is 11.8 Å². The zero-order valence-electron chi connectivity index (χ0n) is 10.2. The summed E-state index contributed by atoms with van der Waals surface area (Å²) in [5.74, 6) is 0.776. The van der Waals surface area contributed by atoms with Crippen LogP contribution in [-0.2, 0) is 18.4 Å². The molecule has 0 unspecified atom stereocenters. The average Bonchev–Trinajstić information content (AvgIpc) is 2.48. The van der Waals surface area contributed by atoms with Gasteiger partial charge in [0.2, 0.25) is 0 Å². The van der Waals surface area contributed by atoms with Crippen molar-refractivity contribution in [3.8, 4) is 6.07 Å². The van der Waals surface area contributed by atoms with Gasteiger partial charge in [-0.15, -0.1) is 11.8 Å². The molecule has 0 radical (unpaired) electrons. The first-order chi connectivity index (χ1) is 9.31. The molecule has 2 nitrogen and oxygen atoms in total. The molecule has 1 aromatic carbocycles. The molecule has 94 valence electrons. The summed E-state index contributed by atoms with van der Waals surface area (Å²) in [5.41, 5.74) is 1.70.